The number of carbonyl (C=O) groups is 2. The van der Waals surface area contributed by atoms with Gasteiger partial charge in [-0.05, 0) is 60.6 Å². The van der Waals surface area contributed by atoms with Crippen LogP contribution in [0.4, 0.5) is 4.39 Å². The van der Waals surface area contributed by atoms with Gasteiger partial charge in [0.25, 0.3) is 11.8 Å². The zero-order valence-corrected chi connectivity index (χ0v) is 15.9. The molecule has 0 radical (unpaired) electrons. The van der Waals surface area contributed by atoms with Gasteiger partial charge in [-0.1, -0.05) is 48.2 Å². The smallest absolute Gasteiger partial charge is 0.267 e. The lowest BCUT2D eigenvalue weighted by atomic mass is 10.1. The highest BCUT2D eigenvalue weighted by Crippen LogP contribution is 2.31. The third kappa shape index (κ3) is 4.69. The number of allylic oxidation sites excluding steroid dienone is 2. The molecular formula is C20H15FN2O2S2. The second-order valence-corrected chi connectivity index (χ2v) is 7.44. The Balaban J connectivity index is 1.73. The van der Waals surface area contributed by atoms with Crippen molar-refractivity contribution in [1.82, 2.24) is 10.4 Å². The summed E-state index contributed by atoms with van der Waals surface area (Å²) in [5, 5.41) is 1.04. The zero-order valence-electron chi connectivity index (χ0n) is 14.3. The Morgan fingerprint density at radius 3 is 2.48 bits per heavy atom. The summed E-state index contributed by atoms with van der Waals surface area (Å²) in [7, 11) is 0. The van der Waals surface area contributed by atoms with Gasteiger partial charge >= 0.3 is 0 Å². The molecule has 1 heterocycles. The Bertz CT molecular complexity index is 954. The van der Waals surface area contributed by atoms with Crippen LogP contribution >= 0.6 is 24.0 Å². The van der Waals surface area contributed by atoms with E-state index in [1.165, 1.54) is 24.3 Å². The van der Waals surface area contributed by atoms with Gasteiger partial charge in [0.15, 0.2) is 4.32 Å². The van der Waals surface area contributed by atoms with Crippen LogP contribution in [0.5, 0.6) is 0 Å². The number of nitrogens with zero attached hydrogens (tertiary/aromatic N) is 1. The third-order valence-corrected chi connectivity index (χ3v) is 4.97. The van der Waals surface area contributed by atoms with E-state index in [2.05, 4.69) is 5.43 Å². The maximum Gasteiger partial charge on any atom is 0.285 e. The van der Waals surface area contributed by atoms with Crippen molar-refractivity contribution >= 4 is 46.2 Å². The predicted octanol–water partition coefficient (Wildman–Crippen LogP) is 4.32. The SMILES string of the molecule is CC(/C=C1\SC(=S)N(NC(=O)c2ccc(F)cc2)C1=O)=C\c1ccccc1. The van der Waals surface area contributed by atoms with Gasteiger partial charge < -0.3 is 0 Å². The van der Waals surface area contributed by atoms with E-state index in [4.69, 9.17) is 12.2 Å². The second-order valence-electron chi connectivity index (χ2n) is 5.76. The highest BCUT2D eigenvalue weighted by Gasteiger charge is 2.33. The lowest BCUT2D eigenvalue weighted by molar-refractivity contribution is -0.123. The molecule has 0 aromatic heterocycles. The van der Waals surface area contributed by atoms with Gasteiger partial charge in [-0.2, -0.15) is 5.01 Å². The monoisotopic (exact) mass is 398 g/mol. The molecule has 1 saturated heterocycles. The van der Waals surface area contributed by atoms with Gasteiger partial charge in [-0.25, -0.2) is 4.39 Å². The fourth-order valence-corrected chi connectivity index (χ4v) is 3.62. The van der Waals surface area contributed by atoms with Crippen LogP contribution in [0.25, 0.3) is 6.08 Å². The van der Waals surface area contributed by atoms with E-state index in [0.29, 0.717) is 4.91 Å². The number of hydrogen-bond acceptors (Lipinski definition) is 4. The van der Waals surface area contributed by atoms with Crippen LogP contribution in [0.3, 0.4) is 0 Å². The van der Waals surface area contributed by atoms with Crippen LogP contribution in [-0.4, -0.2) is 21.1 Å². The summed E-state index contributed by atoms with van der Waals surface area (Å²) < 4.78 is 13.2. The number of amides is 2. The van der Waals surface area contributed by atoms with E-state index >= 15 is 0 Å². The van der Waals surface area contributed by atoms with Crippen LogP contribution < -0.4 is 5.43 Å². The number of rotatable bonds is 4. The van der Waals surface area contributed by atoms with Crippen LogP contribution in [0.1, 0.15) is 22.8 Å². The first kappa shape index (κ1) is 19.0. The second kappa shape index (κ2) is 8.28. The fourth-order valence-electron chi connectivity index (χ4n) is 2.39. The Hall–Kier alpha value is -2.77. The fraction of sp³-hybridized carbons (Fsp3) is 0.0500. The average molecular weight is 398 g/mol. The van der Waals surface area contributed by atoms with E-state index < -0.39 is 17.6 Å². The van der Waals surface area contributed by atoms with Crippen molar-refractivity contribution in [2.75, 3.05) is 0 Å². The molecule has 0 unspecified atom stereocenters. The molecule has 2 amide bonds. The summed E-state index contributed by atoms with van der Waals surface area (Å²) in [6.45, 7) is 1.89. The maximum absolute atomic E-state index is 13.0. The topological polar surface area (TPSA) is 49.4 Å². The summed E-state index contributed by atoms with van der Waals surface area (Å²) >= 11 is 6.31. The minimum absolute atomic E-state index is 0.231. The quantitative estimate of drug-likeness (QED) is 0.616. The van der Waals surface area contributed by atoms with Crippen molar-refractivity contribution in [2.45, 2.75) is 6.92 Å². The van der Waals surface area contributed by atoms with Crippen LogP contribution in [0.2, 0.25) is 0 Å². The molecule has 7 heteroatoms. The van der Waals surface area contributed by atoms with Crippen molar-refractivity contribution in [2.24, 2.45) is 0 Å². The van der Waals surface area contributed by atoms with Gasteiger partial charge in [0, 0.05) is 5.56 Å². The molecule has 0 saturated carbocycles. The molecule has 1 aliphatic rings. The summed E-state index contributed by atoms with van der Waals surface area (Å²) in [5.74, 6) is -1.38. The first-order chi connectivity index (χ1) is 12.9. The number of hydrazine groups is 1. The van der Waals surface area contributed by atoms with Crippen LogP contribution in [0, 0.1) is 5.82 Å². The number of thiocarbonyl (C=S) groups is 1. The molecule has 2 aromatic rings. The third-order valence-electron chi connectivity index (χ3n) is 3.67. The van der Waals surface area contributed by atoms with E-state index in [1.54, 1.807) is 6.08 Å². The average Bonchev–Trinajstić information content (AvgIpc) is 2.90. The van der Waals surface area contributed by atoms with E-state index in [-0.39, 0.29) is 9.88 Å². The Morgan fingerprint density at radius 2 is 1.81 bits per heavy atom. The Labute approximate surface area is 165 Å². The molecule has 136 valence electrons. The largest absolute Gasteiger partial charge is 0.285 e. The Kier molecular flexibility index (Phi) is 5.83. The normalized spacial score (nSPS) is 16.1. The summed E-state index contributed by atoms with van der Waals surface area (Å²) in [6.07, 6.45) is 3.68. The number of carbonyl (C=O) groups excluding carboxylic acids is 2. The molecular weight excluding hydrogens is 383 g/mol. The number of nitrogens with one attached hydrogen (secondary N) is 1. The zero-order chi connectivity index (χ0) is 19.4. The minimum Gasteiger partial charge on any atom is -0.267 e. The molecule has 4 nitrogen and oxygen atoms in total. The summed E-state index contributed by atoms with van der Waals surface area (Å²) in [4.78, 5) is 25.2. The molecule has 27 heavy (non-hydrogen) atoms. The molecule has 0 bridgehead atoms. The van der Waals surface area contributed by atoms with Gasteiger partial charge in [-0.15, -0.1) is 0 Å². The van der Waals surface area contributed by atoms with Crippen LogP contribution in [-0.2, 0) is 4.79 Å². The van der Waals surface area contributed by atoms with Crippen molar-refractivity contribution in [1.29, 1.82) is 0 Å². The van der Waals surface area contributed by atoms with E-state index in [1.807, 2.05) is 43.3 Å². The number of benzene rings is 2. The Morgan fingerprint density at radius 1 is 1.15 bits per heavy atom. The molecule has 1 fully saturated rings. The van der Waals surface area contributed by atoms with Gasteiger partial charge in [0.1, 0.15) is 5.82 Å². The molecule has 1 N–H and O–H groups in total. The highest BCUT2D eigenvalue weighted by molar-refractivity contribution is 8.26. The van der Waals surface area contributed by atoms with Crippen LogP contribution in [0.15, 0.2) is 71.2 Å². The van der Waals surface area contributed by atoms with Gasteiger partial charge in [0.05, 0.1) is 4.91 Å². The van der Waals surface area contributed by atoms with E-state index in [9.17, 15) is 14.0 Å². The van der Waals surface area contributed by atoms with Gasteiger partial charge in [0.2, 0.25) is 0 Å². The van der Waals surface area contributed by atoms with Crippen molar-refractivity contribution in [3.8, 4) is 0 Å². The number of thioether (sulfide) groups is 1. The number of hydrogen-bond donors (Lipinski definition) is 1. The molecule has 0 aliphatic carbocycles. The standard InChI is InChI=1S/C20H15FN2O2S2/c1-13(11-14-5-3-2-4-6-14)12-17-19(25)23(20(26)27-17)22-18(24)15-7-9-16(21)10-8-15/h2-12H,1H3,(H,22,24)/b13-11+,17-12-. The maximum atomic E-state index is 13.0. The van der Waals surface area contributed by atoms with E-state index in [0.717, 1.165) is 27.9 Å². The lowest BCUT2D eigenvalue weighted by Crippen LogP contribution is -2.44. The molecule has 0 spiro atoms. The van der Waals surface area contributed by atoms with Gasteiger partial charge in [-0.3, -0.25) is 15.0 Å². The molecule has 1 aliphatic heterocycles. The number of halogens is 1. The first-order valence-electron chi connectivity index (χ1n) is 8.02. The highest BCUT2D eigenvalue weighted by atomic mass is 32.2. The summed E-state index contributed by atoms with van der Waals surface area (Å²) in [6, 6.07) is 14.8. The molecule has 3 rings (SSSR count). The molecule has 2 aromatic carbocycles. The van der Waals surface area contributed by atoms with Crippen molar-refractivity contribution in [3.05, 3.63) is 88.1 Å². The van der Waals surface area contributed by atoms with Crippen molar-refractivity contribution in [3.63, 3.8) is 0 Å². The van der Waals surface area contributed by atoms with Crippen molar-refractivity contribution < 1.29 is 14.0 Å². The molecule has 0 atom stereocenters. The lowest BCUT2D eigenvalue weighted by Gasteiger charge is -2.15. The minimum atomic E-state index is -0.538. The predicted molar refractivity (Wildman–Crippen MR) is 109 cm³/mol. The summed E-state index contributed by atoms with van der Waals surface area (Å²) in [5.41, 5.74) is 4.60. The first-order valence-corrected chi connectivity index (χ1v) is 9.24.